The molecule has 4 aromatic carbocycles. The van der Waals surface area contributed by atoms with Crippen LogP contribution >= 0.6 is 11.3 Å². The Morgan fingerprint density at radius 1 is 0.850 bits per heavy atom. The van der Waals surface area contributed by atoms with Gasteiger partial charge in [-0.25, -0.2) is 13.8 Å². The minimum atomic E-state index is -0.287. The largest absolute Gasteiger partial charge is 0.490 e. The maximum absolute atomic E-state index is 13.8. The van der Waals surface area contributed by atoms with Gasteiger partial charge in [-0.05, 0) is 48.4 Å². The Balaban J connectivity index is 1.40. The first kappa shape index (κ1) is 25.5. The summed E-state index contributed by atoms with van der Waals surface area (Å²) in [6.45, 7) is 2.64. The molecule has 2 aromatic heterocycles. The van der Waals surface area contributed by atoms with Gasteiger partial charge in [0.25, 0.3) is 5.56 Å². The third-order valence-electron chi connectivity index (χ3n) is 6.43. The van der Waals surface area contributed by atoms with Crippen molar-refractivity contribution in [3.8, 4) is 34.0 Å². The summed E-state index contributed by atoms with van der Waals surface area (Å²) in [4.78, 5) is 19.3. The van der Waals surface area contributed by atoms with E-state index < -0.39 is 0 Å². The quantitative estimate of drug-likeness (QED) is 0.211. The lowest BCUT2D eigenvalue weighted by Gasteiger charge is -2.12. The number of halogens is 1. The van der Waals surface area contributed by atoms with Crippen molar-refractivity contribution in [2.45, 2.75) is 13.5 Å². The van der Waals surface area contributed by atoms with E-state index in [1.54, 1.807) is 16.5 Å². The first-order valence-corrected chi connectivity index (χ1v) is 13.7. The van der Waals surface area contributed by atoms with E-state index in [0.717, 1.165) is 33.6 Å². The monoisotopic (exact) mass is 548 g/mol. The molecule has 0 bridgehead atoms. The van der Waals surface area contributed by atoms with E-state index in [9.17, 15) is 9.18 Å². The second-order valence-electron chi connectivity index (χ2n) is 9.13. The van der Waals surface area contributed by atoms with Gasteiger partial charge >= 0.3 is 0 Å². The molecule has 2 heterocycles. The number of rotatable bonds is 8. The molecular formula is C33H25FN2O3S. The average Bonchev–Trinajstić information content (AvgIpc) is 3.50. The molecule has 198 valence electrons. The van der Waals surface area contributed by atoms with Crippen molar-refractivity contribution in [3.05, 3.63) is 135 Å². The maximum atomic E-state index is 13.8. The lowest BCUT2D eigenvalue weighted by molar-refractivity contribution is 0.269. The maximum Gasteiger partial charge on any atom is 0.274 e. The molecule has 0 aliphatic heterocycles. The Kier molecular flexibility index (Phi) is 7.12. The van der Waals surface area contributed by atoms with Crippen LogP contribution in [0, 0.1) is 5.82 Å². The van der Waals surface area contributed by atoms with Crippen LogP contribution in [0.4, 0.5) is 4.39 Å². The second-order valence-corrected chi connectivity index (χ2v) is 10.1. The van der Waals surface area contributed by atoms with Gasteiger partial charge in [0.1, 0.15) is 12.4 Å². The van der Waals surface area contributed by atoms with Gasteiger partial charge < -0.3 is 9.47 Å². The van der Waals surface area contributed by atoms with Gasteiger partial charge in [0, 0.05) is 11.1 Å². The van der Waals surface area contributed by atoms with Crippen LogP contribution in [0.2, 0.25) is 0 Å². The van der Waals surface area contributed by atoms with Gasteiger partial charge in [0.05, 0.1) is 22.5 Å². The Morgan fingerprint density at radius 3 is 2.25 bits per heavy atom. The van der Waals surface area contributed by atoms with Crippen molar-refractivity contribution in [2.75, 3.05) is 6.61 Å². The highest BCUT2D eigenvalue weighted by molar-refractivity contribution is 7.15. The summed E-state index contributed by atoms with van der Waals surface area (Å²) in [5.41, 5.74) is 4.98. The van der Waals surface area contributed by atoms with Crippen molar-refractivity contribution >= 4 is 22.4 Å². The molecule has 0 saturated carbocycles. The molecule has 0 N–H and O–H groups in total. The van der Waals surface area contributed by atoms with Gasteiger partial charge in [0.15, 0.2) is 16.5 Å². The second kappa shape index (κ2) is 11.2. The molecule has 0 unspecified atom stereocenters. The molecule has 0 aliphatic rings. The van der Waals surface area contributed by atoms with Crippen LogP contribution in [0.5, 0.6) is 11.5 Å². The Hall–Kier alpha value is -4.75. The van der Waals surface area contributed by atoms with Crippen LogP contribution in [0.1, 0.15) is 18.1 Å². The first-order valence-electron chi connectivity index (χ1n) is 12.9. The zero-order valence-electron chi connectivity index (χ0n) is 21.7. The zero-order valence-corrected chi connectivity index (χ0v) is 22.5. The van der Waals surface area contributed by atoms with Crippen molar-refractivity contribution in [1.82, 2.24) is 9.38 Å². The molecule has 40 heavy (non-hydrogen) atoms. The smallest absolute Gasteiger partial charge is 0.274 e. The molecule has 0 amide bonds. The van der Waals surface area contributed by atoms with Crippen molar-refractivity contribution in [3.63, 3.8) is 0 Å². The highest BCUT2D eigenvalue weighted by atomic mass is 32.1. The van der Waals surface area contributed by atoms with Gasteiger partial charge in [-0.1, -0.05) is 90.2 Å². The summed E-state index contributed by atoms with van der Waals surface area (Å²) < 4.78 is 27.3. The molecule has 7 heteroatoms. The van der Waals surface area contributed by atoms with E-state index in [-0.39, 0.29) is 18.0 Å². The van der Waals surface area contributed by atoms with E-state index in [1.165, 1.54) is 23.5 Å². The number of hydrogen-bond donors (Lipinski definition) is 0. The lowest BCUT2D eigenvalue weighted by atomic mass is 10.1. The summed E-state index contributed by atoms with van der Waals surface area (Å²) in [5, 5.41) is 0. The molecule has 0 atom stereocenters. The molecule has 0 aliphatic carbocycles. The van der Waals surface area contributed by atoms with Crippen LogP contribution in [-0.2, 0) is 6.61 Å². The highest BCUT2D eigenvalue weighted by Gasteiger charge is 2.20. The predicted molar refractivity (Wildman–Crippen MR) is 157 cm³/mol. The summed E-state index contributed by atoms with van der Waals surface area (Å²) in [5.74, 6) is 0.860. The van der Waals surface area contributed by atoms with Crippen LogP contribution in [0.3, 0.4) is 0 Å². The standard InChI is InChI=1S/C33H25FN2O3S/c1-2-38-28-19-23(15-18-27(28)39-21-22-13-16-26(34)17-14-22)20-29-32(37)36-31(25-11-7-4-8-12-25)30(35-33(36)40-29)24-9-5-3-6-10-24/h3-20H,2,21H2,1H3. The molecule has 0 saturated heterocycles. The minimum Gasteiger partial charge on any atom is -0.490 e. The lowest BCUT2D eigenvalue weighted by Crippen LogP contribution is -2.23. The van der Waals surface area contributed by atoms with Crippen LogP contribution in [-0.4, -0.2) is 16.0 Å². The Morgan fingerprint density at radius 2 is 1.55 bits per heavy atom. The number of nitrogens with zero attached hydrogens (tertiary/aromatic N) is 2. The summed E-state index contributed by atoms with van der Waals surface area (Å²) in [6.07, 6.45) is 1.85. The van der Waals surface area contributed by atoms with E-state index in [1.807, 2.05) is 91.9 Å². The Bertz CT molecular complexity index is 1880. The van der Waals surface area contributed by atoms with Crippen LogP contribution in [0.15, 0.2) is 108 Å². The van der Waals surface area contributed by atoms with Crippen molar-refractivity contribution in [1.29, 1.82) is 0 Å². The number of hydrogen-bond acceptors (Lipinski definition) is 5. The molecular weight excluding hydrogens is 523 g/mol. The fraction of sp³-hybridized carbons (Fsp3) is 0.0909. The summed E-state index contributed by atoms with van der Waals surface area (Å²) in [7, 11) is 0. The summed E-state index contributed by atoms with van der Waals surface area (Å²) >= 11 is 1.36. The molecule has 6 rings (SSSR count). The van der Waals surface area contributed by atoms with E-state index in [2.05, 4.69) is 0 Å². The SMILES string of the molecule is CCOc1cc(C=c2sc3nc(-c4ccccc4)c(-c4ccccc4)n3c2=O)ccc1OCc1ccc(F)cc1. The van der Waals surface area contributed by atoms with Gasteiger partial charge in [-0.3, -0.25) is 4.79 Å². The molecule has 0 fully saturated rings. The molecule has 0 spiro atoms. The molecule has 0 radical (unpaired) electrons. The highest BCUT2D eigenvalue weighted by Crippen LogP contribution is 2.33. The molecule has 5 nitrogen and oxygen atoms in total. The van der Waals surface area contributed by atoms with E-state index in [4.69, 9.17) is 14.5 Å². The van der Waals surface area contributed by atoms with Gasteiger partial charge in [0.2, 0.25) is 0 Å². The van der Waals surface area contributed by atoms with Crippen molar-refractivity contribution in [2.24, 2.45) is 0 Å². The topological polar surface area (TPSA) is 52.8 Å². The Labute approximate surface area is 234 Å². The zero-order chi connectivity index (χ0) is 27.5. The summed E-state index contributed by atoms with van der Waals surface area (Å²) in [6, 6.07) is 31.5. The normalized spacial score (nSPS) is 11.7. The number of fused-ring (bicyclic) bond motifs is 1. The fourth-order valence-corrected chi connectivity index (χ4v) is 5.53. The van der Waals surface area contributed by atoms with Crippen LogP contribution < -0.4 is 19.6 Å². The first-order chi connectivity index (χ1) is 19.6. The van der Waals surface area contributed by atoms with E-state index in [0.29, 0.717) is 27.6 Å². The van der Waals surface area contributed by atoms with Gasteiger partial charge in [-0.2, -0.15) is 0 Å². The van der Waals surface area contributed by atoms with Crippen molar-refractivity contribution < 1.29 is 13.9 Å². The minimum absolute atomic E-state index is 0.122. The number of ether oxygens (including phenoxy) is 2. The third kappa shape index (κ3) is 5.11. The number of benzene rings is 4. The average molecular weight is 549 g/mol. The van der Waals surface area contributed by atoms with Gasteiger partial charge in [-0.15, -0.1) is 0 Å². The van der Waals surface area contributed by atoms with E-state index >= 15 is 0 Å². The third-order valence-corrected chi connectivity index (χ3v) is 7.40. The number of imidazole rings is 1. The molecule has 6 aromatic rings. The number of thiazole rings is 1. The fourth-order valence-electron chi connectivity index (χ4n) is 4.55. The van der Waals surface area contributed by atoms with Crippen LogP contribution in [0.25, 0.3) is 33.6 Å². The predicted octanol–water partition coefficient (Wildman–Crippen LogP) is 6.75. The number of aromatic nitrogens is 2.